The van der Waals surface area contributed by atoms with Crippen LogP contribution < -0.4 is 9.47 Å². The predicted octanol–water partition coefficient (Wildman–Crippen LogP) is 2.06. The Bertz CT molecular complexity index is 553. The molecule has 1 aromatic heterocycles. The normalized spacial score (nSPS) is 10.1. The zero-order valence-electron chi connectivity index (χ0n) is 9.84. The molecule has 0 unspecified atom stereocenters. The highest BCUT2D eigenvalue weighted by Crippen LogP contribution is 2.29. The zero-order valence-corrected chi connectivity index (χ0v) is 9.84. The number of hydrogen-bond donors (Lipinski definition) is 1. The maximum atomic E-state index is 10.7. The lowest BCUT2D eigenvalue weighted by molar-refractivity contribution is 0.0652. The van der Waals surface area contributed by atoms with Gasteiger partial charge in [-0.25, -0.2) is 4.79 Å². The van der Waals surface area contributed by atoms with E-state index in [0.717, 1.165) is 0 Å². The van der Waals surface area contributed by atoms with Crippen LogP contribution in [-0.4, -0.2) is 30.5 Å². The minimum atomic E-state index is -1.16. The van der Waals surface area contributed by atoms with Crippen LogP contribution in [0.2, 0.25) is 0 Å². The minimum absolute atomic E-state index is 0.216. The van der Waals surface area contributed by atoms with Crippen LogP contribution >= 0.6 is 0 Å². The Balaban J connectivity index is 2.45. The summed E-state index contributed by atoms with van der Waals surface area (Å²) in [5.41, 5.74) is 1.06. The summed E-state index contributed by atoms with van der Waals surface area (Å²) in [5, 5.41) is 12.5. The molecule has 0 bridgehead atoms. The maximum absolute atomic E-state index is 10.7. The largest absolute Gasteiger partial charge is 0.497 e. The third-order valence-electron chi connectivity index (χ3n) is 2.37. The van der Waals surface area contributed by atoms with Gasteiger partial charge in [-0.3, -0.25) is 0 Å². The molecule has 0 aliphatic heterocycles. The van der Waals surface area contributed by atoms with Crippen LogP contribution in [-0.2, 0) is 0 Å². The van der Waals surface area contributed by atoms with Crippen LogP contribution in [0.5, 0.6) is 11.5 Å². The molecule has 0 saturated heterocycles. The number of aromatic nitrogens is 1. The van der Waals surface area contributed by atoms with Gasteiger partial charge in [0, 0.05) is 17.7 Å². The number of benzene rings is 1. The minimum Gasteiger partial charge on any atom is -0.497 e. The monoisotopic (exact) mass is 249 g/mol. The molecule has 2 rings (SSSR count). The molecule has 94 valence electrons. The van der Waals surface area contributed by atoms with Gasteiger partial charge >= 0.3 is 5.97 Å². The standard InChI is InChI=1S/C12H11NO5/c1-16-8-3-7(4-9(5-8)17-2)10-6-11(12(14)15)18-13-10/h3-6H,1-2H3,(H,14,15). The fourth-order valence-corrected chi connectivity index (χ4v) is 1.47. The third-order valence-corrected chi connectivity index (χ3v) is 2.37. The summed E-state index contributed by atoms with van der Waals surface area (Å²) in [6, 6.07) is 6.48. The van der Waals surface area contributed by atoms with Gasteiger partial charge in [-0.1, -0.05) is 5.16 Å². The van der Waals surface area contributed by atoms with Gasteiger partial charge in [0.15, 0.2) is 0 Å². The smallest absolute Gasteiger partial charge is 0.374 e. The third kappa shape index (κ3) is 2.27. The molecule has 1 heterocycles. The summed E-state index contributed by atoms with van der Waals surface area (Å²) in [7, 11) is 3.06. The first kappa shape index (κ1) is 12.0. The van der Waals surface area contributed by atoms with E-state index in [1.807, 2.05) is 0 Å². The van der Waals surface area contributed by atoms with Crippen molar-refractivity contribution in [3.63, 3.8) is 0 Å². The fraction of sp³-hybridized carbons (Fsp3) is 0.167. The van der Waals surface area contributed by atoms with Crippen molar-refractivity contribution in [2.45, 2.75) is 0 Å². The Morgan fingerprint density at radius 1 is 1.17 bits per heavy atom. The summed E-state index contributed by atoms with van der Waals surface area (Å²) in [6.45, 7) is 0. The van der Waals surface area contributed by atoms with E-state index >= 15 is 0 Å². The van der Waals surface area contributed by atoms with Crippen molar-refractivity contribution in [1.82, 2.24) is 5.16 Å². The highest BCUT2D eigenvalue weighted by atomic mass is 16.5. The second-order valence-electron chi connectivity index (χ2n) is 3.48. The SMILES string of the molecule is COc1cc(OC)cc(-c2cc(C(=O)O)on2)c1. The van der Waals surface area contributed by atoms with E-state index in [1.165, 1.54) is 20.3 Å². The predicted molar refractivity (Wildman–Crippen MR) is 62.0 cm³/mol. The van der Waals surface area contributed by atoms with Crippen molar-refractivity contribution in [3.8, 4) is 22.8 Å². The molecule has 0 amide bonds. The van der Waals surface area contributed by atoms with E-state index in [0.29, 0.717) is 22.8 Å². The number of rotatable bonds is 4. The van der Waals surface area contributed by atoms with E-state index in [2.05, 4.69) is 5.16 Å². The number of hydrogen-bond acceptors (Lipinski definition) is 5. The molecule has 0 aliphatic carbocycles. The van der Waals surface area contributed by atoms with Crippen molar-refractivity contribution in [2.75, 3.05) is 14.2 Å². The molecule has 0 atom stereocenters. The second-order valence-corrected chi connectivity index (χ2v) is 3.48. The van der Waals surface area contributed by atoms with Crippen LogP contribution in [0.4, 0.5) is 0 Å². The number of nitrogens with zero attached hydrogens (tertiary/aromatic N) is 1. The average molecular weight is 249 g/mol. The van der Waals surface area contributed by atoms with Gasteiger partial charge in [-0.15, -0.1) is 0 Å². The Kier molecular flexibility index (Phi) is 3.18. The van der Waals surface area contributed by atoms with Crippen LogP contribution in [0, 0.1) is 0 Å². The van der Waals surface area contributed by atoms with Crippen LogP contribution in [0.3, 0.4) is 0 Å². The summed E-state index contributed by atoms with van der Waals surface area (Å²) < 4.78 is 14.9. The average Bonchev–Trinajstić information content (AvgIpc) is 2.87. The van der Waals surface area contributed by atoms with Gasteiger partial charge in [-0.2, -0.15) is 0 Å². The first-order valence-electron chi connectivity index (χ1n) is 5.07. The lowest BCUT2D eigenvalue weighted by atomic mass is 10.1. The number of ether oxygens (including phenoxy) is 2. The maximum Gasteiger partial charge on any atom is 0.374 e. The molecule has 6 heteroatoms. The Labute approximate surface area is 103 Å². The number of carboxylic acid groups (broad SMARTS) is 1. The van der Waals surface area contributed by atoms with Gasteiger partial charge in [0.05, 0.1) is 14.2 Å². The molecule has 0 fully saturated rings. The number of aromatic carboxylic acids is 1. The quantitative estimate of drug-likeness (QED) is 0.893. The first-order valence-corrected chi connectivity index (χ1v) is 5.07. The first-order chi connectivity index (χ1) is 8.63. The lowest BCUT2D eigenvalue weighted by Gasteiger charge is -2.06. The van der Waals surface area contributed by atoms with Crippen LogP contribution in [0.15, 0.2) is 28.8 Å². The van der Waals surface area contributed by atoms with Crippen molar-refractivity contribution in [2.24, 2.45) is 0 Å². The molecular weight excluding hydrogens is 238 g/mol. The molecule has 0 radical (unpaired) electrons. The van der Waals surface area contributed by atoms with Crippen molar-refractivity contribution < 1.29 is 23.9 Å². The molecular formula is C12H11NO5. The van der Waals surface area contributed by atoms with Crippen molar-refractivity contribution in [3.05, 3.63) is 30.0 Å². The van der Waals surface area contributed by atoms with E-state index in [-0.39, 0.29) is 5.76 Å². The van der Waals surface area contributed by atoms with Gasteiger partial charge in [0.2, 0.25) is 5.76 Å². The van der Waals surface area contributed by atoms with Gasteiger partial charge in [-0.05, 0) is 12.1 Å². The number of methoxy groups -OCH3 is 2. The molecule has 18 heavy (non-hydrogen) atoms. The fourth-order valence-electron chi connectivity index (χ4n) is 1.47. The van der Waals surface area contributed by atoms with Crippen LogP contribution in [0.25, 0.3) is 11.3 Å². The molecule has 1 aromatic carbocycles. The molecule has 6 nitrogen and oxygen atoms in total. The van der Waals surface area contributed by atoms with E-state index in [9.17, 15) is 4.79 Å². The van der Waals surface area contributed by atoms with E-state index in [4.69, 9.17) is 19.1 Å². The lowest BCUT2D eigenvalue weighted by Crippen LogP contribution is -1.91. The molecule has 0 spiro atoms. The van der Waals surface area contributed by atoms with Gasteiger partial charge < -0.3 is 19.1 Å². The van der Waals surface area contributed by atoms with Crippen LogP contribution in [0.1, 0.15) is 10.6 Å². The summed E-state index contributed by atoms with van der Waals surface area (Å²) in [5.74, 6) is -0.205. The molecule has 0 saturated carbocycles. The zero-order chi connectivity index (χ0) is 13.1. The number of carboxylic acids is 1. The Hall–Kier alpha value is -2.50. The summed E-state index contributed by atoms with van der Waals surface area (Å²) >= 11 is 0. The summed E-state index contributed by atoms with van der Waals surface area (Å²) in [6.07, 6.45) is 0. The Morgan fingerprint density at radius 2 is 1.78 bits per heavy atom. The number of carbonyl (C=O) groups is 1. The van der Waals surface area contributed by atoms with E-state index in [1.54, 1.807) is 18.2 Å². The summed E-state index contributed by atoms with van der Waals surface area (Å²) in [4.78, 5) is 10.7. The van der Waals surface area contributed by atoms with Crippen molar-refractivity contribution in [1.29, 1.82) is 0 Å². The molecule has 0 aliphatic rings. The van der Waals surface area contributed by atoms with Gasteiger partial charge in [0.1, 0.15) is 17.2 Å². The van der Waals surface area contributed by atoms with Gasteiger partial charge in [0.25, 0.3) is 0 Å². The molecule has 2 aromatic rings. The van der Waals surface area contributed by atoms with Crippen molar-refractivity contribution >= 4 is 5.97 Å². The molecule has 1 N–H and O–H groups in total. The topological polar surface area (TPSA) is 81.8 Å². The highest BCUT2D eigenvalue weighted by Gasteiger charge is 2.13. The Morgan fingerprint density at radius 3 is 2.22 bits per heavy atom. The van der Waals surface area contributed by atoms with E-state index < -0.39 is 5.97 Å². The second kappa shape index (κ2) is 4.79. The highest BCUT2D eigenvalue weighted by molar-refractivity contribution is 5.85.